The molecule has 0 radical (unpaired) electrons. The van der Waals surface area contributed by atoms with Gasteiger partial charge in [0.15, 0.2) is 0 Å². The highest BCUT2D eigenvalue weighted by Gasteiger charge is 2.34. The molecule has 1 N–H and O–H groups in total. The molecule has 0 aliphatic carbocycles. The average molecular weight is 433 g/mol. The van der Waals surface area contributed by atoms with Crippen LogP contribution in [-0.4, -0.2) is 24.2 Å². The number of ether oxygens (including phenoxy) is 1. The molecule has 1 aliphatic heterocycles. The third-order valence-corrected chi connectivity index (χ3v) is 6.27. The smallest absolute Gasteiger partial charge is 0.255 e. The number of hydrogen-bond acceptors (Lipinski definition) is 4. The first-order valence-electron chi connectivity index (χ1n) is 10.2. The minimum atomic E-state index is -0.144. The van der Waals surface area contributed by atoms with E-state index in [1.165, 1.54) is 0 Å². The number of rotatable bonds is 6. The van der Waals surface area contributed by atoms with E-state index in [1.807, 2.05) is 91.5 Å². The number of thioether (sulfide) groups is 1. The lowest BCUT2D eigenvalue weighted by molar-refractivity contribution is -0.115. The molecule has 1 heterocycles. The summed E-state index contributed by atoms with van der Waals surface area (Å²) in [5.41, 5.74) is 4.31. The first-order valence-corrected chi connectivity index (χ1v) is 11.2. The first kappa shape index (κ1) is 21.0. The molecule has 1 atom stereocenters. The number of hydrogen-bond donors (Lipinski definition) is 1. The summed E-state index contributed by atoms with van der Waals surface area (Å²) in [7, 11) is 0. The fraction of sp³-hybridized carbons (Fsp3) is 0.200. The van der Waals surface area contributed by atoms with E-state index >= 15 is 0 Å². The Bertz CT molecular complexity index is 1060. The van der Waals surface area contributed by atoms with Crippen molar-refractivity contribution in [3.8, 4) is 5.75 Å². The highest BCUT2D eigenvalue weighted by Crippen LogP contribution is 2.42. The van der Waals surface area contributed by atoms with Crippen LogP contribution in [0.15, 0.2) is 72.8 Å². The standard InChI is InChI=1S/C25H24N2O3S/c1-3-30-22-14-12-21(13-15-22)27-23(28)16-31-25(27)19-8-10-20(11-9-19)26-24(29)18-6-4-17(2)5-7-18/h4-15,25H,3,16H2,1-2H3,(H,26,29). The quantitative estimate of drug-likeness (QED) is 0.565. The molecule has 31 heavy (non-hydrogen) atoms. The largest absolute Gasteiger partial charge is 0.494 e. The molecule has 0 bridgehead atoms. The summed E-state index contributed by atoms with van der Waals surface area (Å²) in [5.74, 6) is 1.16. The fourth-order valence-corrected chi connectivity index (χ4v) is 4.64. The van der Waals surface area contributed by atoms with E-state index < -0.39 is 0 Å². The molecule has 4 rings (SSSR count). The molecule has 158 valence electrons. The Kier molecular flexibility index (Phi) is 6.28. The Morgan fingerprint density at radius 1 is 1.03 bits per heavy atom. The molecule has 1 aliphatic rings. The van der Waals surface area contributed by atoms with E-state index in [1.54, 1.807) is 11.8 Å². The molecule has 6 heteroatoms. The van der Waals surface area contributed by atoms with Gasteiger partial charge in [0.05, 0.1) is 12.4 Å². The monoisotopic (exact) mass is 432 g/mol. The van der Waals surface area contributed by atoms with Crippen molar-refractivity contribution in [2.24, 2.45) is 0 Å². The first-order chi connectivity index (χ1) is 15.0. The van der Waals surface area contributed by atoms with Gasteiger partial charge in [0.2, 0.25) is 5.91 Å². The zero-order chi connectivity index (χ0) is 21.8. The van der Waals surface area contributed by atoms with Crippen molar-refractivity contribution in [2.75, 3.05) is 22.6 Å². The molecular formula is C25H24N2O3S. The van der Waals surface area contributed by atoms with Crippen molar-refractivity contribution < 1.29 is 14.3 Å². The maximum absolute atomic E-state index is 12.6. The predicted octanol–water partition coefficient (Wildman–Crippen LogP) is 5.42. The fourth-order valence-electron chi connectivity index (χ4n) is 3.46. The van der Waals surface area contributed by atoms with E-state index in [0.29, 0.717) is 17.9 Å². The number of aryl methyl sites for hydroxylation is 1. The highest BCUT2D eigenvalue weighted by atomic mass is 32.2. The number of benzene rings is 3. The van der Waals surface area contributed by atoms with Crippen LogP contribution in [0.4, 0.5) is 11.4 Å². The lowest BCUT2D eigenvalue weighted by atomic mass is 10.1. The maximum Gasteiger partial charge on any atom is 0.255 e. The zero-order valence-corrected chi connectivity index (χ0v) is 18.3. The van der Waals surface area contributed by atoms with Crippen LogP contribution in [0.3, 0.4) is 0 Å². The summed E-state index contributed by atoms with van der Waals surface area (Å²) < 4.78 is 5.50. The van der Waals surface area contributed by atoms with Crippen LogP contribution < -0.4 is 15.0 Å². The highest BCUT2D eigenvalue weighted by molar-refractivity contribution is 8.00. The van der Waals surface area contributed by atoms with Gasteiger partial charge in [0.25, 0.3) is 5.91 Å². The number of nitrogens with one attached hydrogen (secondary N) is 1. The van der Waals surface area contributed by atoms with Gasteiger partial charge in [-0.1, -0.05) is 29.8 Å². The van der Waals surface area contributed by atoms with E-state index in [9.17, 15) is 9.59 Å². The Labute approximate surface area is 186 Å². The van der Waals surface area contributed by atoms with Crippen molar-refractivity contribution in [3.63, 3.8) is 0 Å². The van der Waals surface area contributed by atoms with Crippen molar-refractivity contribution in [3.05, 3.63) is 89.5 Å². The summed E-state index contributed by atoms with van der Waals surface area (Å²) in [6.45, 7) is 4.54. The molecule has 3 aromatic carbocycles. The van der Waals surface area contributed by atoms with Crippen LogP contribution in [0.2, 0.25) is 0 Å². The van der Waals surface area contributed by atoms with Gasteiger partial charge in [-0.15, -0.1) is 11.8 Å². The third-order valence-electron chi connectivity index (χ3n) is 5.06. The van der Waals surface area contributed by atoms with Gasteiger partial charge in [-0.2, -0.15) is 0 Å². The van der Waals surface area contributed by atoms with Crippen LogP contribution in [0.25, 0.3) is 0 Å². The molecule has 1 saturated heterocycles. The number of nitrogens with zero attached hydrogens (tertiary/aromatic N) is 1. The molecule has 2 amide bonds. The van der Waals surface area contributed by atoms with Crippen molar-refractivity contribution in [1.29, 1.82) is 0 Å². The van der Waals surface area contributed by atoms with Gasteiger partial charge in [-0.05, 0) is 67.9 Å². The van der Waals surface area contributed by atoms with Crippen LogP contribution in [0, 0.1) is 6.92 Å². The van der Waals surface area contributed by atoms with Crippen LogP contribution in [0.5, 0.6) is 5.75 Å². The maximum atomic E-state index is 12.6. The van der Waals surface area contributed by atoms with E-state index in [0.717, 1.165) is 28.3 Å². The average Bonchev–Trinajstić information content (AvgIpc) is 3.17. The second-order valence-electron chi connectivity index (χ2n) is 7.30. The molecule has 5 nitrogen and oxygen atoms in total. The second kappa shape index (κ2) is 9.27. The summed E-state index contributed by atoms with van der Waals surface area (Å²) >= 11 is 1.60. The number of carbonyl (C=O) groups excluding carboxylic acids is 2. The zero-order valence-electron chi connectivity index (χ0n) is 17.5. The second-order valence-corrected chi connectivity index (χ2v) is 8.36. The minimum absolute atomic E-state index is 0.0795. The molecule has 0 spiro atoms. The lowest BCUT2D eigenvalue weighted by Gasteiger charge is -2.24. The SMILES string of the molecule is CCOc1ccc(N2C(=O)CSC2c2ccc(NC(=O)c3ccc(C)cc3)cc2)cc1. The molecule has 1 unspecified atom stereocenters. The minimum Gasteiger partial charge on any atom is -0.494 e. The Morgan fingerprint density at radius 3 is 2.35 bits per heavy atom. The normalized spacial score (nSPS) is 15.7. The van der Waals surface area contributed by atoms with Gasteiger partial charge in [-0.25, -0.2) is 0 Å². The number of amides is 2. The Morgan fingerprint density at radius 2 is 1.71 bits per heavy atom. The molecular weight excluding hydrogens is 408 g/mol. The van der Waals surface area contributed by atoms with Gasteiger partial charge in [0, 0.05) is 16.9 Å². The van der Waals surface area contributed by atoms with Crippen molar-refractivity contribution in [2.45, 2.75) is 19.2 Å². The van der Waals surface area contributed by atoms with Crippen LogP contribution in [0.1, 0.15) is 33.8 Å². The summed E-state index contributed by atoms with van der Waals surface area (Å²) in [6.07, 6.45) is 0. The molecule has 1 fully saturated rings. The summed E-state index contributed by atoms with van der Waals surface area (Å²) in [4.78, 5) is 26.8. The van der Waals surface area contributed by atoms with Crippen LogP contribution >= 0.6 is 11.8 Å². The van der Waals surface area contributed by atoms with Gasteiger partial charge >= 0.3 is 0 Å². The van der Waals surface area contributed by atoms with Crippen molar-refractivity contribution in [1.82, 2.24) is 0 Å². The molecule has 3 aromatic rings. The van der Waals surface area contributed by atoms with E-state index in [4.69, 9.17) is 4.74 Å². The Balaban J connectivity index is 1.48. The molecule has 0 aromatic heterocycles. The number of anilines is 2. The van der Waals surface area contributed by atoms with Gasteiger partial charge < -0.3 is 10.1 Å². The Hall–Kier alpha value is -3.25. The third kappa shape index (κ3) is 4.75. The summed E-state index contributed by atoms with van der Waals surface area (Å²) in [5, 5.41) is 2.82. The van der Waals surface area contributed by atoms with Crippen molar-refractivity contribution >= 4 is 35.0 Å². The van der Waals surface area contributed by atoms with E-state index in [2.05, 4.69) is 5.32 Å². The molecule has 0 saturated carbocycles. The van der Waals surface area contributed by atoms with Gasteiger partial charge in [-0.3, -0.25) is 14.5 Å². The lowest BCUT2D eigenvalue weighted by Crippen LogP contribution is -2.27. The summed E-state index contributed by atoms with van der Waals surface area (Å²) in [6, 6.07) is 22.7. The number of carbonyl (C=O) groups is 2. The topological polar surface area (TPSA) is 58.6 Å². The van der Waals surface area contributed by atoms with E-state index in [-0.39, 0.29) is 17.2 Å². The van der Waals surface area contributed by atoms with Gasteiger partial charge in [0.1, 0.15) is 11.1 Å². The predicted molar refractivity (Wildman–Crippen MR) is 126 cm³/mol. The van der Waals surface area contributed by atoms with Crippen LogP contribution in [-0.2, 0) is 4.79 Å².